The molecule has 1 aromatic heterocycles. The minimum absolute atomic E-state index is 0.0272. The van der Waals surface area contributed by atoms with E-state index in [4.69, 9.17) is 10.8 Å². The number of hydrogen-bond donors (Lipinski definition) is 5. The molecule has 38 heavy (non-hydrogen) atoms. The Morgan fingerprint density at radius 2 is 1.74 bits per heavy atom. The average molecular weight is 542 g/mol. The number of aromatic nitrogens is 1. The molecular formula is C26H35N7O4S. The molecule has 12 heteroatoms. The first-order valence-electron chi connectivity index (χ1n) is 12.2. The highest BCUT2D eigenvalue weighted by atomic mass is 32.2. The van der Waals surface area contributed by atoms with Gasteiger partial charge in [-0.15, -0.1) is 5.11 Å². The Labute approximate surface area is 223 Å². The van der Waals surface area contributed by atoms with Crippen molar-refractivity contribution in [3.8, 4) is 0 Å². The number of para-hydroxylation sites is 1. The normalized spacial score (nSPS) is 12.7. The van der Waals surface area contributed by atoms with Gasteiger partial charge in [-0.1, -0.05) is 18.2 Å². The van der Waals surface area contributed by atoms with Crippen LogP contribution in [0.25, 0.3) is 0 Å². The van der Waals surface area contributed by atoms with Gasteiger partial charge in [0.05, 0.1) is 34.7 Å². The molecule has 0 aliphatic carbocycles. The number of nitrogens with zero attached hydrogens (tertiary/aromatic N) is 4. The van der Waals surface area contributed by atoms with Gasteiger partial charge in [-0.2, -0.15) is 5.11 Å². The van der Waals surface area contributed by atoms with Crippen molar-refractivity contribution in [1.29, 1.82) is 0 Å². The summed E-state index contributed by atoms with van der Waals surface area (Å²) < 4.78 is 25.3. The Bertz CT molecular complexity index is 1330. The second-order valence-corrected chi connectivity index (χ2v) is 11.1. The highest BCUT2D eigenvalue weighted by Gasteiger charge is 2.17. The van der Waals surface area contributed by atoms with Crippen LogP contribution in [0.4, 0.5) is 34.4 Å². The van der Waals surface area contributed by atoms with Gasteiger partial charge in [0, 0.05) is 30.9 Å². The smallest absolute Gasteiger partial charge is 0.179 e. The van der Waals surface area contributed by atoms with E-state index in [1.165, 1.54) is 12.1 Å². The zero-order valence-electron chi connectivity index (χ0n) is 21.8. The van der Waals surface area contributed by atoms with Gasteiger partial charge in [-0.25, -0.2) is 13.4 Å². The third kappa shape index (κ3) is 7.96. The molecule has 1 atom stereocenters. The lowest BCUT2D eigenvalue weighted by atomic mass is 10.2. The number of aliphatic hydroxyl groups excluding tert-OH is 2. The number of anilines is 4. The Morgan fingerprint density at radius 3 is 2.37 bits per heavy atom. The van der Waals surface area contributed by atoms with Crippen molar-refractivity contribution in [3.05, 3.63) is 60.2 Å². The Balaban J connectivity index is 1.87. The molecule has 0 aliphatic heterocycles. The Hall–Kier alpha value is -3.58. The first-order chi connectivity index (χ1) is 18.1. The minimum atomic E-state index is -3.48. The van der Waals surface area contributed by atoms with E-state index >= 15 is 0 Å². The van der Waals surface area contributed by atoms with E-state index in [2.05, 4.69) is 25.8 Å². The molecule has 3 rings (SSSR count). The van der Waals surface area contributed by atoms with E-state index < -0.39 is 15.9 Å². The predicted molar refractivity (Wildman–Crippen MR) is 151 cm³/mol. The van der Waals surface area contributed by atoms with E-state index in [-0.39, 0.29) is 23.8 Å². The number of nitrogens with one attached hydrogen (secondary N) is 2. The topological polar surface area (TPSA) is 166 Å². The molecule has 0 bridgehead atoms. The summed E-state index contributed by atoms with van der Waals surface area (Å²) in [5.41, 5.74) is 9.02. The number of nitrogen functional groups attached to an aromatic ring is 1. The van der Waals surface area contributed by atoms with Crippen LogP contribution in [0, 0.1) is 6.92 Å². The third-order valence-electron chi connectivity index (χ3n) is 5.75. The molecule has 0 fully saturated rings. The molecule has 3 aromatic rings. The summed E-state index contributed by atoms with van der Waals surface area (Å²) in [7, 11) is -1.73. The van der Waals surface area contributed by atoms with Crippen LogP contribution >= 0.6 is 0 Å². The van der Waals surface area contributed by atoms with Gasteiger partial charge in [0.2, 0.25) is 0 Å². The van der Waals surface area contributed by atoms with E-state index in [1.54, 1.807) is 37.9 Å². The van der Waals surface area contributed by atoms with Crippen LogP contribution in [0.2, 0.25) is 0 Å². The zero-order chi connectivity index (χ0) is 27.7. The molecule has 0 radical (unpaired) electrons. The zero-order valence-corrected chi connectivity index (χ0v) is 22.6. The maximum absolute atomic E-state index is 12.7. The fourth-order valence-electron chi connectivity index (χ4n) is 3.46. The van der Waals surface area contributed by atoms with Crippen LogP contribution in [-0.4, -0.2) is 73.7 Å². The molecule has 6 N–H and O–H groups in total. The number of benzene rings is 2. The van der Waals surface area contributed by atoms with Gasteiger partial charge >= 0.3 is 0 Å². The maximum atomic E-state index is 12.7. The van der Waals surface area contributed by atoms with Gasteiger partial charge in [0.15, 0.2) is 21.5 Å². The van der Waals surface area contributed by atoms with E-state index in [0.29, 0.717) is 47.4 Å². The predicted octanol–water partition coefficient (Wildman–Crippen LogP) is 3.62. The number of hydrogen-bond acceptors (Lipinski definition) is 11. The number of pyridine rings is 1. The lowest BCUT2D eigenvalue weighted by molar-refractivity contribution is 0.208. The van der Waals surface area contributed by atoms with Crippen molar-refractivity contribution in [2.24, 2.45) is 10.2 Å². The van der Waals surface area contributed by atoms with Gasteiger partial charge in [0.25, 0.3) is 0 Å². The SMILES string of the molecule is Cc1c(N)c(NCC(C)O)nc(Nc2ccccc2)c1/N=N/c1ccc(S(=O)(=O)CCN(C)CCO)cc1. The Morgan fingerprint density at radius 1 is 1.05 bits per heavy atom. The van der Waals surface area contributed by atoms with Gasteiger partial charge in [-0.3, -0.25) is 0 Å². The van der Waals surface area contributed by atoms with Crippen molar-refractivity contribution < 1.29 is 18.6 Å². The van der Waals surface area contributed by atoms with Gasteiger partial charge in [-0.05, 0) is 57.3 Å². The molecule has 0 spiro atoms. The molecule has 1 heterocycles. The number of likely N-dealkylation sites (N-methyl/N-ethyl adjacent to an activating group) is 1. The quantitative estimate of drug-likeness (QED) is 0.203. The largest absolute Gasteiger partial charge is 0.395 e. The molecule has 2 aromatic carbocycles. The summed E-state index contributed by atoms with van der Waals surface area (Å²) in [4.78, 5) is 6.54. The highest BCUT2D eigenvalue weighted by molar-refractivity contribution is 7.91. The summed E-state index contributed by atoms with van der Waals surface area (Å²) in [6.07, 6.45) is -0.588. The Kier molecular flexibility index (Phi) is 10.1. The molecule has 1 unspecified atom stereocenters. The van der Waals surface area contributed by atoms with Crippen molar-refractivity contribution in [2.45, 2.75) is 24.8 Å². The molecule has 0 saturated heterocycles. The number of rotatable bonds is 13. The molecule has 204 valence electrons. The van der Waals surface area contributed by atoms with Crippen LogP contribution in [0.1, 0.15) is 12.5 Å². The van der Waals surface area contributed by atoms with E-state index in [9.17, 15) is 13.5 Å². The first kappa shape index (κ1) is 29.0. The number of aliphatic hydroxyl groups is 2. The molecule has 11 nitrogen and oxygen atoms in total. The molecule has 0 aliphatic rings. The fraction of sp³-hybridized carbons (Fsp3) is 0.346. The van der Waals surface area contributed by atoms with Crippen LogP contribution in [-0.2, 0) is 9.84 Å². The van der Waals surface area contributed by atoms with Crippen molar-refractivity contribution in [2.75, 3.05) is 55.4 Å². The molecule has 0 amide bonds. The monoisotopic (exact) mass is 541 g/mol. The second kappa shape index (κ2) is 13.3. The fourth-order valence-corrected chi connectivity index (χ4v) is 4.80. The van der Waals surface area contributed by atoms with Crippen LogP contribution < -0.4 is 16.4 Å². The van der Waals surface area contributed by atoms with Crippen LogP contribution in [0.5, 0.6) is 0 Å². The molecular weight excluding hydrogens is 506 g/mol. The number of nitrogens with two attached hydrogens (primary N) is 1. The summed E-state index contributed by atoms with van der Waals surface area (Å²) >= 11 is 0. The van der Waals surface area contributed by atoms with Crippen molar-refractivity contribution in [3.63, 3.8) is 0 Å². The summed E-state index contributed by atoms with van der Waals surface area (Å²) in [5, 5.41) is 33.7. The number of sulfone groups is 1. The molecule has 0 saturated carbocycles. The van der Waals surface area contributed by atoms with Crippen molar-refractivity contribution >= 4 is 44.2 Å². The van der Waals surface area contributed by atoms with Gasteiger partial charge < -0.3 is 31.5 Å². The van der Waals surface area contributed by atoms with Crippen LogP contribution in [0.15, 0.2) is 69.7 Å². The summed E-state index contributed by atoms with van der Waals surface area (Å²) in [6, 6.07) is 15.6. The maximum Gasteiger partial charge on any atom is 0.179 e. The summed E-state index contributed by atoms with van der Waals surface area (Å²) in [6.45, 7) is 4.44. The van der Waals surface area contributed by atoms with E-state index in [0.717, 1.165) is 5.69 Å². The van der Waals surface area contributed by atoms with Crippen LogP contribution in [0.3, 0.4) is 0 Å². The van der Waals surface area contributed by atoms with Gasteiger partial charge in [0.1, 0.15) is 5.69 Å². The second-order valence-electron chi connectivity index (χ2n) is 8.96. The standard InChI is InChI=1S/C26H35N7O4S/c1-18(35)17-28-25-23(27)19(2)24(26(30-25)29-20-7-5-4-6-8-20)32-31-21-9-11-22(12-10-21)38(36,37)16-14-33(3)13-15-34/h4-12,18,34-35H,13-17,27H2,1-3H3,(H2,28,29,30)/b32-31+. The lowest BCUT2D eigenvalue weighted by Gasteiger charge is -2.17. The third-order valence-corrected chi connectivity index (χ3v) is 7.46. The first-order valence-corrected chi connectivity index (χ1v) is 13.8. The lowest BCUT2D eigenvalue weighted by Crippen LogP contribution is -2.28. The van der Waals surface area contributed by atoms with E-state index in [1.807, 2.05) is 30.3 Å². The summed E-state index contributed by atoms with van der Waals surface area (Å²) in [5.74, 6) is 0.782. The number of azo groups is 1. The minimum Gasteiger partial charge on any atom is -0.395 e. The highest BCUT2D eigenvalue weighted by Crippen LogP contribution is 2.38. The average Bonchev–Trinajstić information content (AvgIpc) is 2.89. The van der Waals surface area contributed by atoms with Crippen molar-refractivity contribution in [1.82, 2.24) is 9.88 Å².